The Balaban J connectivity index is 1.53. The van der Waals surface area contributed by atoms with Crippen LogP contribution in [0.25, 0.3) is 0 Å². The van der Waals surface area contributed by atoms with Gasteiger partial charge in [-0.05, 0) is 6.07 Å². The van der Waals surface area contributed by atoms with E-state index in [1.807, 2.05) is 0 Å². The minimum atomic E-state index is -0.386. The molecular formula is C14H13ClN4O3S. The molecule has 2 aromatic heterocycles. The van der Waals surface area contributed by atoms with Gasteiger partial charge in [0, 0.05) is 30.2 Å². The van der Waals surface area contributed by atoms with E-state index in [0.29, 0.717) is 29.1 Å². The van der Waals surface area contributed by atoms with Crippen LogP contribution >= 0.6 is 22.9 Å². The van der Waals surface area contributed by atoms with E-state index in [0.717, 1.165) is 5.56 Å². The highest BCUT2D eigenvalue weighted by Crippen LogP contribution is 2.22. The third-order valence-corrected chi connectivity index (χ3v) is 4.28. The Morgan fingerprint density at radius 1 is 1.48 bits per heavy atom. The van der Waals surface area contributed by atoms with Crippen LogP contribution in [0.2, 0.25) is 5.15 Å². The highest BCUT2D eigenvalue weighted by atomic mass is 35.5. The number of halogens is 1. The maximum atomic E-state index is 11.9. The molecule has 1 N–H and O–H groups in total. The van der Waals surface area contributed by atoms with Crippen LogP contribution in [0.3, 0.4) is 0 Å². The lowest BCUT2D eigenvalue weighted by molar-refractivity contribution is -0.144. The third-order valence-electron chi connectivity index (χ3n) is 3.14. The number of hydrogen-bond acceptors (Lipinski definition) is 6. The molecule has 0 spiro atoms. The molecule has 0 aromatic carbocycles. The Labute approximate surface area is 141 Å². The quantitative estimate of drug-likeness (QED) is 0.657. The minimum Gasteiger partial charge on any atom is -0.460 e. The number of anilines is 1. The molecule has 3 heterocycles. The van der Waals surface area contributed by atoms with Crippen molar-refractivity contribution < 1.29 is 14.3 Å². The number of hydrogen-bond donors (Lipinski definition) is 1. The Bertz CT molecular complexity index is 719. The molecule has 0 unspecified atom stereocenters. The van der Waals surface area contributed by atoms with Crippen LogP contribution in [0.4, 0.5) is 9.93 Å². The van der Waals surface area contributed by atoms with Crippen molar-refractivity contribution in [2.75, 3.05) is 18.0 Å². The van der Waals surface area contributed by atoms with Gasteiger partial charge < -0.3 is 10.1 Å². The number of rotatable bonds is 5. The summed E-state index contributed by atoms with van der Waals surface area (Å²) in [4.78, 5) is 33.2. The number of ether oxygens (including phenoxy) is 1. The number of pyridine rings is 1. The zero-order valence-corrected chi connectivity index (χ0v) is 13.6. The number of aromatic nitrogens is 2. The number of esters is 1. The van der Waals surface area contributed by atoms with Gasteiger partial charge >= 0.3 is 12.0 Å². The summed E-state index contributed by atoms with van der Waals surface area (Å²) < 4.78 is 5.18. The van der Waals surface area contributed by atoms with Gasteiger partial charge in [0.1, 0.15) is 11.8 Å². The van der Waals surface area contributed by atoms with Gasteiger partial charge in [-0.3, -0.25) is 9.69 Å². The Morgan fingerprint density at radius 3 is 3.04 bits per heavy atom. The normalized spacial score (nSPS) is 14.0. The van der Waals surface area contributed by atoms with Crippen molar-refractivity contribution in [1.29, 1.82) is 0 Å². The average molecular weight is 353 g/mol. The van der Waals surface area contributed by atoms with Gasteiger partial charge in [-0.2, -0.15) is 0 Å². The summed E-state index contributed by atoms with van der Waals surface area (Å²) >= 11 is 7.02. The van der Waals surface area contributed by atoms with Crippen molar-refractivity contribution in [1.82, 2.24) is 15.3 Å². The standard InChI is InChI=1S/C14H13ClN4O3S/c15-11-2-1-9(6-17-11)7-22-12(20)5-10-8-23-14(18-10)19-4-3-16-13(19)21/h1-2,6,8H,3-5,7H2,(H,16,21). The van der Waals surface area contributed by atoms with E-state index in [1.165, 1.54) is 11.3 Å². The van der Waals surface area contributed by atoms with Gasteiger partial charge in [-0.1, -0.05) is 17.7 Å². The zero-order valence-electron chi connectivity index (χ0n) is 12.0. The molecule has 1 saturated heterocycles. The summed E-state index contributed by atoms with van der Waals surface area (Å²) in [6.45, 7) is 1.32. The van der Waals surface area contributed by atoms with Crippen molar-refractivity contribution in [3.63, 3.8) is 0 Å². The van der Waals surface area contributed by atoms with Crippen LogP contribution in [0.1, 0.15) is 11.3 Å². The fraction of sp³-hybridized carbons (Fsp3) is 0.286. The van der Waals surface area contributed by atoms with E-state index in [-0.39, 0.29) is 25.0 Å². The highest BCUT2D eigenvalue weighted by molar-refractivity contribution is 7.14. The number of nitrogens with one attached hydrogen (secondary N) is 1. The average Bonchev–Trinajstić information content (AvgIpc) is 3.15. The smallest absolute Gasteiger partial charge is 0.323 e. The molecule has 120 valence electrons. The Hall–Kier alpha value is -2.19. The topological polar surface area (TPSA) is 84.4 Å². The molecule has 3 rings (SSSR count). The predicted molar refractivity (Wildman–Crippen MR) is 85.6 cm³/mol. The molecule has 0 saturated carbocycles. The first-order valence-corrected chi connectivity index (χ1v) is 8.13. The van der Waals surface area contributed by atoms with Crippen molar-refractivity contribution >= 4 is 40.1 Å². The fourth-order valence-corrected chi connectivity index (χ4v) is 2.97. The maximum absolute atomic E-state index is 11.9. The molecule has 23 heavy (non-hydrogen) atoms. The molecule has 0 radical (unpaired) electrons. The van der Waals surface area contributed by atoms with Gasteiger partial charge in [0.25, 0.3) is 0 Å². The van der Waals surface area contributed by atoms with Crippen LogP contribution in [-0.2, 0) is 22.6 Å². The van der Waals surface area contributed by atoms with Crippen LogP contribution in [0.5, 0.6) is 0 Å². The molecule has 2 amide bonds. The largest absolute Gasteiger partial charge is 0.460 e. The Kier molecular flexibility index (Phi) is 4.73. The number of amides is 2. The lowest BCUT2D eigenvalue weighted by Crippen LogP contribution is -2.27. The predicted octanol–water partition coefficient (Wildman–Crippen LogP) is 2.01. The molecular weight excluding hydrogens is 340 g/mol. The number of urea groups is 1. The van der Waals surface area contributed by atoms with E-state index in [4.69, 9.17) is 16.3 Å². The molecule has 1 aliphatic rings. The van der Waals surface area contributed by atoms with Crippen LogP contribution < -0.4 is 10.2 Å². The van der Waals surface area contributed by atoms with Crippen LogP contribution in [0.15, 0.2) is 23.7 Å². The molecule has 0 bridgehead atoms. The van der Waals surface area contributed by atoms with Crippen molar-refractivity contribution in [2.24, 2.45) is 0 Å². The second-order valence-electron chi connectivity index (χ2n) is 4.83. The summed E-state index contributed by atoms with van der Waals surface area (Å²) in [7, 11) is 0. The van der Waals surface area contributed by atoms with Crippen LogP contribution in [0, 0.1) is 0 Å². The zero-order chi connectivity index (χ0) is 16.2. The fourth-order valence-electron chi connectivity index (χ4n) is 2.01. The molecule has 2 aromatic rings. The first kappa shape index (κ1) is 15.7. The van der Waals surface area contributed by atoms with Crippen molar-refractivity contribution in [3.8, 4) is 0 Å². The van der Waals surface area contributed by atoms with Gasteiger partial charge in [-0.25, -0.2) is 14.8 Å². The first-order valence-electron chi connectivity index (χ1n) is 6.87. The molecule has 9 heteroatoms. The molecule has 1 fully saturated rings. The van der Waals surface area contributed by atoms with Crippen molar-refractivity contribution in [2.45, 2.75) is 13.0 Å². The monoisotopic (exact) mass is 352 g/mol. The van der Waals surface area contributed by atoms with Crippen molar-refractivity contribution in [3.05, 3.63) is 40.1 Å². The summed E-state index contributed by atoms with van der Waals surface area (Å²) in [5.74, 6) is -0.386. The molecule has 1 aliphatic heterocycles. The summed E-state index contributed by atoms with van der Waals surface area (Å²) in [5.41, 5.74) is 1.35. The van der Waals surface area contributed by atoms with Gasteiger partial charge in [0.05, 0.1) is 12.1 Å². The SMILES string of the molecule is O=C(Cc1csc(N2CCNC2=O)n1)OCc1ccc(Cl)nc1. The molecule has 0 aliphatic carbocycles. The molecule has 7 nitrogen and oxygen atoms in total. The molecule has 0 atom stereocenters. The summed E-state index contributed by atoms with van der Waals surface area (Å²) in [6.07, 6.45) is 1.62. The Morgan fingerprint density at radius 2 is 2.35 bits per heavy atom. The third kappa shape index (κ3) is 3.96. The van der Waals surface area contributed by atoms with Crippen LogP contribution in [-0.4, -0.2) is 35.1 Å². The van der Waals surface area contributed by atoms with E-state index in [9.17, 15) is 9.59 Å². The highest BCUT2D eigenvalue weighted by Gasteiger charge is 2.24. The van der Waals surface area contributed by atoms with E-state index in [1.54, 1.807) is 28.6 Å². The lowest BCUT2D eigenvalue weighted by atomic mass is 10.3. The van der Waals surface area contributed by atoms with E-state index < -0.39 is 0 Å². The second-order valence-corrected chi connectivity index (χ2v) is 6.06. The number of nitrogens with zero attached hydrogens (tertiary/aromatic N) is 3. The number of carbonyl (C=O) groups excluding carboxylic acids is 2. The van der Waals surface area contributed by atoms with E-state index in [2.05, 4.69) is 15.3 Å². The summed E-state index contributed by atoms with van der Waals surface area (Å²) in [5, 5.41) is 5.44. The number of carbonyl (C=O) groups is 2. The second kappa shape index (κ2) is 6.93. The van der Waals surface area contributed by atoms with Gasteiger partial charge in [0.2, 0.25) is 0 Å². The maximum Gasteiger partial charge on any atom is 0.323 e. The first-order chi connectivity index (χ1) is 11.1. The van der Waals surface area contributed by atoms with E-state index >= 15 is 0 Å². The number of thiazole rings is 1. The van der Waals surface area contributed by atoms with Gasteiger partial charge in [-0.15, -0.1) is 11.3 Å². The summed E-state index contributed by atoms with van der Waals surface area (Å²) in [6, 6.07) is 3.22. The minimum absolute atomic E-state index is 0.0625. The van der Waals surface area contributed by atoms with Gasteiger partial charge in [0.15, 0.2) is 5.13 Å². The lowest BCUT2D eigenvalue weighted by Gasteiger charge is -2.08.